The zero-order valence-corrected chi connectivity index (χ0v) is 8.32. The minimum absolute atomic E-state index is 0. The maximum atomic E-state index is 8.95. The van der Waals surface area contributed by atoms with E-state index in [1.165, 1.54) is 19.5 Å². The van der Waals surface area contributed by atoms with Crippen LogP contribution in [-0.2, 0) is 9.53 Å². The molecule has 1 heterocycles. The molecule has 0 saturated carbocycles. The molecule has 0 atom stereocenters. The van der Waals surface area contributed by atoms with Gasteiger partial charge in [0.25, 0.3) is 6.47 Å². The van der Waals surface area contributed by atoms with Crippen molar-refractivity contribution in [3.63, 3.8) is 0 Å². The Kier molecular flexibility index (Phi) is 9.76. The highest BCUT2D eigenvalue weighted by Gasteiger charge is 1.87. The number of nitriles is 1. The van der Waals surface area contributed by atoms with E-state index in [9.17, 15) is 0 Å². The summed E-state index contributed by atoms with van der Waals surface area (Å²) in [5, 5.41) is 8.32. The van der Waals surface area contributed by atoms with E-state index in [0.29, 0.717) is 17.7 Å². The molecule has 0 saturated heterocycles. The Balaban J connectivity index is 0. The van der Waals surface area contributed by atoms with Crippen molar-refractivity contribution >= 4 is 24.6 Å². The Morgan fingerprint density at radius 1 is 1.64 bits per heavy atom. The van der Waals surface area contributed by atoms with Gasteiger partial charge in [0.15, 0.2) is 0 Å². The second-order valence-electron chi connectivity index (χ2n) is 1.95. The van der Waals surface area contributed by atoms with Crippen LogP contribution in [-0.4, -0.2) is 18.6 Å². The first-order valence-corrected chi connectivity index (χ1v) is 3.31. The van der Waals surface area contributed by atoms with Gasteiger partial charge in [0, 0.05) is 12.4 Å². The van der Waals surface area contributed by atoms with Gasteiger partial charge < -0.3 is 10.5 Å². The van der Waals surface area contributed by atoms with Crippen LogP contribution in [0.4, 0.5) is 5.69 Å². The van der Waals surface area contributed by atoms with Crippen molar-refractivity contribution in [3.8, 4) is 6.07 Å². The lowest BCUT2D eigenvalue weighted by atomic mass is 10.3. The summed E-state index contributed by atoms with van der Waals surface area (Å²) in [7, 11) is 1.31. The largest absolute Gasteiger partial charge is 0.471 e. The standard InChI is InChI=1S/C6H5N3.C2H4O2.ClH/c7-2-5-1-6(8)4-9-3-5;1-4-2-3;/h1,3-4H,8H2;2H,1H3;1H. The molecule has 2 N–H and O–H groups in total. The van der Waals surface area contributed by atoms with Crippen LogP contribution in [0.5, 0.6) is 0 Å². The summed E-state index contributed by atoms with van der Waals surface area (Å²) in [4.78, 5) is 12.7. The van der Waals surface area contributed by atoms with Gasteiger partial charge in [0.2, 0.25) is 0 Å². The molecule has 0 aliphatic heterocycles. The molecule has 0 spiro atoms. The monoisotopic (exact) mass is 215 g/mol. The predicted molar refractivity (Wildman–Crippen MR) is 53.7 cm³/mol. The second kappa shape index (κ2) is 9.29. The van der Waals surface area contributed by atoms with Gasteiger partial charge in [-0.3, -0.25) is 9.78 Å². The topological polar surface area (TPSA) is 89.0 Å². The molecular weight excluding hydrogens is 206 g/mol. The minimum atomic E-state index is 0. The number of hydrogen-bond acceptors (Lipinski definition) is 5. The molecule has 76 valence electrons. The fourth-order valence-electron chi connectivity index (χ4n) is 0.519. The first-order valence-electron chi connectivity index (χ1n) is 3.31. The van der Waals surface area contributed by atoms with Crippen LogP contribution in [0.25, 0.3) is 0 Å². The van der Waals surface area contributed by atoms with Crippen molar-refractivity contribution in [3.05, 3.63) is 24.0 Å². The Hall–Kier alpha value is -1.80. The number of nitrogens with two attached hydrogens (primary N) is 1. The number of carbonyl (C=O) groups excluding carboxylic acids is 1. The maximum Gasteiger partial charge on any atom is 0.292 e. The van der Waals surface area contributed by atoms with Crippen molar-refractivity contribution in [1.82, 2.24) is 4.98 Å². The summed E-state index contributed by atoms with van der Waals surface area (Å²) in [6, 6.07) is 3.50. The summed E-state index contributed by atoms with van der Waals surface area (Å²) in [6.07, 6.45) is 2.97. The number of rotatable bonds is 1. The fourth-order valence-corrected chi connectivity index (χ4v) is 0.519. The Morgan fingerprint density at radius 2 is 2.21 bits per heavy atom. The number of ether oxygens (including phenoxy) is 1. The van der Waals surface area contributed by atoms with E-state index < -0.39 is 0 Å². The summed E-state index contributed by atoms with van der Waals surface area (Å²) in [5.74, 6) is 0. The van der Waals surface area contributed by atoms with Gasteiger partial charge in [-0.05, 0) is 6.07 Å². The molecule has 14 heavy (non-hydrogen) atoms. The van der Waals surface area contributed by atoms with Crippen LogP contribution < -0.4 is 5.73 Å². The van der Waals surface area contributed by atoms with E-state index in [4.69, 9.17) is 15.8 Å². The molecular formula is C8H10ClN3O2. The van der Waals surface area contributed by atoms with Crippen molar-refractivity contribution < 1.29 is 9.53 Å². The molecule has 0 aliphatic rings. The van der Waals surface area contributed by atoms with Crippen molar-refractivity contribution in [2.45, 2.75) is 0 Å². The Bertz CT molecular complexity index is 312. The lowest BCUT2D eigenvalue weighted by molar-refractivity contribution is -0.126. The van der Waals surface area contributed by atoms with E-state index >= 15 is 0 Å². The lowest BCUT2D eigenvalue weighted by Crippen LogP contribution is -1.86. The van der Waals surface area contributed by atoms with Crippen molar-refractivity contribution in [2.24, 2.45) is 0 Å². The van der Waals surface area contributed by atoms with E-state index in [-0.39, 0.29) is 12.4 Å². The number of halogens is 1. The average molecular weight is 216 g/mol. The molecule has 1 aromatic rings. The van der Waals surface area contributed by atoms with Crippen LogP contribution in [0, 0.1) is 11.3 Å². The molecule has 1 rings (SSSR count). The number of hydrogen-bond donors (Lipinski definition) is 1. The molecule has 5 nitrogen and oxygen atoms in total. The third kappa shape index (κ3) is 6.88. The van der Waals surface area contributed by atoms with Crippen LogP contribution >= 0.6 is 12.4 Å². The zero-order chi connectivity index (χ0) is 10.1. The van der Waals surface area contributed by atoms with Crippen LogP contribution in [0.3, 0.4) is 0 Å². The van der Waals surface area contributed by atoms with Gasteiger partial charge in [0.1, 0.15) is 6.07 Å². The number of pyridine rings is 1. The van der Waals surface area contributed by atoms with Gasteiger partial charge >= 0.3 is 0 Å². The third-order valence-electron chi connectivity index (χ3n) is 0.985. The molecule has 0 bridgehead atoms. The van der Waals surface area contributed by atoms with Crippen molar-refractivity contribution in [2.75, 3.05) is 12.8 Å². The number of methoxy groups -OCH3 is 1. The Labute approximate surface area is 87.9 Å². The van der Waals surface area contributed by atoms with Crippen LogP contribution in [0.2, 0.25) is 0 Å². The number of nitrogen functional groups attached to an aromatic ring is 1. The van der Waals surface area contributed by atoms with E-state index in [1.54, 1.807) is 6.07 Å². The van der Waals surface area contributed by atoms with Crippen molar-refractivity contribution in [1.29, 1.82) is 5.26 Å². The number of nitrogens with zero attached hydrogens (tertiary/aromatic N) is 2. The SMILES string of the molecule is COC=O.Cl.N#Cc1cncc(N)c1. The second-order valence-corrected chi connectivity index (χ2v) is 1.95. The number of aromatic nitrogens is 1. The van der Waals surface area contributed by atoms with Crippen LogP contribution in [0.15, 0.2) is 18.5 Å². The third-order valence-corrected chi connectivity index (χ3v) is 0.985. The highest BCUT2D eigenvalue weighted by molar-refractivity contribution is 5.85. The summed E-state index contributed by atoms with van der Waals surface area (Å²) < 4.78 is 3.86. The maximum absolute atomic E-state index is 8.95. The Morgan fingerprint density at radius 3 is 2.50 bits per heavy atom. The fraction of sp³-hybridized carbons (Fsp3) is 0.125. The molecule has 0 radical (unpaired) electrons. The highest BCUT2D eigenvalue weighted by Crippen LogP contribution is 2.00. The highest BCUT2D eigenvalue weighted by atomic mass is 35.5. The lowest BCUT2D eigenvalue weighted by Gasteiger charge is -1.88. The predicted octanol–water partition coefficient (Wildman–Crippen LogP) is 0.746. The summed E-state index contributed by atoms with van der Waals surface area (Å²) in [5.41, 5.74) is 6.34. The molecule has 0 fully saturated rings. The zero-order valence-electron chi connectivity index (χ0n) is 7.51. The van der Waals surface area contributed by atoms with E-state index in [1.807, 2.05) is 6.07 Å². The van der Waals surface area contributed by atoms with Gasteiger partial charge in [-0.2, -0.15) is 5.26 Å². The average Bonchev–Trinajstić information content (AvgIpc) is 2.18. The number of carbonyl (C=O) groups is 1. The smallest absolute Gasteiger partial charge is 0.292 e. The molecule has 0 aromatic carbocycles. The summed E-state index contributed by atoms with van der Waals surface area (Å²) >= 11 is 0. The molecule has 0 amide bonds. The normalized spacial score (nSPS) is 6.86. The number of anilines is 1. The summed E-state index contributed by atoms with van der Waals surface area (Å²) in [6.45, 7) is 0.375. The minimum Gasteiger partial charge on any atom is -0.471 e. The van der Waals surface area contributed by atoms with E-state index in [2.05, 4.69) is 9.72 Å². The first-order chi connectivity index (χ1) is 6.24. The molecule has 6 heteroatoms. The molecule has 1 aromatic heterocycles. The van der Waals surface area contributed by atoms with Gasteiger partial charge in [0.05, 0.1) is 18.4 Å². The molecule has 0 aliphatic carbocycles. The van der Waals surface area contributed by atoms with Crippen LogP contribution in [0.1, 0.15) is 5.56 Å². The molecule has 0 unspecified atom stereocenters. The van der Waals surface area contributed by atoms with Gasteiger partial charge in [-0.15, -0.1) is 12.4 Å². The quantitative estimate of drug-likeness (QED) is 0.699. The first kappa shape index (κ1) is 14.7. The van der Waals surface area contributed by atoms with E-state index in [0.717, 1.165) is 0 Å². The van der Waals surface area contributed by atoms with Gasteiger partial charge in [-0.1, -0.05) is 0 Å². The van der Waals surface area contributed by atoms with Gasteiger partial charge in [-0.25, -0.2) is 0 Å².